The van der Waals surface area contributed by atoms with Gasteiger partial charge in [-0.2, -0.15) is 0 Å². The minimum Gasteiger partial charge on any atom is -0.481 e. The van der Waals surface area contributed by atoms with Crippen LogP contribution in [0.5, 0.6) is 5.88 Å². The van der Waals surface area contributed by atoms with Crippen molar-refractivity contribution in [1.29, 1.82) is 0 Å². The van der Waals surface area contributed by atoms with Gasteiger partial charge in [0, 0.05) is 12.3 Å². The molecule has 2 aromatic heterocycles. The van der Waals surface area contributed by atoms with E-state index in [9.17, 15) is 14.4 Å². The number of hydrogen-bond acceptors (Lipinski definition) is 6. The van der Waals surface area contributed by atoms with Crippen LogP contribution in [0.3, 0.4) is 0 Å². The maximum absolute atomic E-state index is 11.8. The highest BCUT2D eigenvalue weighted by molar-refractivity contribution is 6.02. The first-order valence-electron chi connectivity index (χ1n) is 5.09. The molecule has 0 aliphatic heterocycles. The Morgan fingerprint density at radius 1 is 1.37 bits per heavy atom. The average molecular weight is 263 g/mol. The summed E-state index contributed by atoms with van der Waals surface area (Å²) in [5.74, 6) is -0.409. The van der Waals surface area contributed by atoms with E-state index in [4.69, 9.17) is 4.74 Å². The molecule has 0 unspecified atom stereocenters. The van der Waals surface area contributed by atoms with Gasteiger partial charge in [-0.15, -0.1) is 0 Å². The Balaban J connectivity index is 2.25. The number of nitrogens with zero attached hydrogens (tertiary/aromatic N) is 2. The van der Waals surface area contributed by atoms with E-state index in [0.29, 0.717) is 0 Å². The van der Waals surface area contributed by atoms with Crippen LogP contribution in [-0.4, -0.2) is 33.0 Å². The van der Waals surface area contributed by atoms with Crippen molar-refractivity contribution in [1.82, 2.24) is 19.9 Å². The molecule has 0 bridgehead atoms. The zero-order valence-electron chi connectivity index (χ0n) is 9.76. The number of carbonyl (C=O) groups is 1. The summed E-state index contributed by atoms with van der Waals surface area (Å²) in [6.45, 7) is 0. The molecule has 0 aliphatic carbocycles. The average Bonchev–Trinajstić information content (AvgIpc) is 2.42. The molecule has 9 heteroatoms. The normalized spacial score (nSPS) is 9.95. The van der Waals surface area contributed by atoms with Crippen LogP contribution < -0.4 is 21.3 Å². The summed E-state index contributed by atoms with van der Waals surface area (Å²) in [6, 6.07) is 1.31. The standard InChI is InChI=1S/C10H9N5O4/c1-19-7-2-5(12-4-13-7)8(16)14-6-3-11-10(18)15-9(6)17/h2-4H,1H3,(H,14,16)(H2,11,15,17,18). The monoisotopic (exact) mass is 263 g/mol. The highest BCUT2D eigenvalue weighted by Gasteiger charge is 2.11. The molecule has 1 amide bonds. The summed E-state index contributed by atoms with van der Waals surface area (Å²) in [4.78, 5) is 45.7. The van der Waals surface area contributed by atoms with Gasteiger partial charge in [-0.25, -0.2) is 14.8 Å². The summed E-state index contributed by atoms with van der Waals surface area (Å²) in [5.41, 5.74) is -1.44. The first kappa shape index (κ1) is 12.5. The summed E-state index contributed by atoms with van der Waals surface area (Å²) in [7, 11) is 1.40. The number of nitrogens with one attached hydrogen (secondary N) is 3. The molecule has 0 saturated heterocycles. The van der Waals surface area contributed by atoms with E-state index in [-0.39, 0.29) is 17.3 Å². The molecule has 98 valence electrons. The van der Waals surface area contributed by atoms with Gasteiger partial charge in [0.15, 0.2) is 0 Å². The lowest BCUT2D eigenvalue weighted by Crippen LogP contribution is -2.26. The fourth-order valence-corrected chi connectivity index (χ4v) is 1.26. The van der Waals surface area contributed by atoms with Gasteiger partial charge in [0.25, 0.3) is 11.5 Å². The fourth-order valence-electron chi connectivity index (χ4n) is 1.26. The van der Waals surface area contributed by atoms with Crippen molar-refractivity contribution in [3.05, 3.63) is 45.1 Å². The number of hydrogen-bond donors (Lipinski definition) is 3. The summed E-state index contributed by atoms with van der Waals surface area (Å²) in [5, 5.41) is 2.31. The molecule has 0 spiro atoms. The molecular formula is C10H9N5O4. The predicted molar refractivity (Wildman–Crippen MR) is 64.2 cm³/mol. The van der Waals surface area contributed by atoms with Crippen LogP contribution in [0, 0.1) is 0 Å². The van der Waals surface area contributed by atoms with Crippen molar-refractivity contribution >= 4 is 11.6 Å². The van der Waals surface area contributed by atoms with Gasteiger partial charge < -0.3 is 15.0 Å². The molecule has 0 saturated carbocycles. The molecule has 19 heavy (non-hydrogen) atoms. The topological polar surface area (TPSA) is 130 Å². The van der Waals surface area contributed by atoms with Gasteiger partial charge in [0.1, 0.15) is 17.7 Å². The Bertz CT molecular complexity index is 720. The van der Waals surface area contributed by atoms with E-state index >= 15 is 0 Å². The molecule has 2 aromatic rings. The minimum absolute atomic E-state index is 0.0254. The molecule has 0 aromatic carbocycles. The highest BCUT2D eigenvalue weighted by atomic mass is 16.5. The van der Waals surface area contributed by atoms with E-state index < -0.39 is 17.2 Å². The lowest BCUT2D eigenvalue weighted by molar-refractivity contribution is 0.102. The number of amides is 1. The van der Waals surface area contributed by atoms with Crippen LogP contribution in [0.4, 0.5) is 5.69 Å². The van der Waals surface area contributed by atoms with Gasteiger partial charge in [-0.05, 0) is 0 Å². The molecular weight excluding hydrogens is 254 g/mol. The largest absolute Gasteiger partial charge is 0.481 e. The quantitative estimate of drug-likeness (QED) is 0.658. The predicted octanol–water partition coefficient (Wildman–Crippen LogP) is -0.886. The van der Waals surface area contributed by atoms with Gasteiger partial charge >= 0.3 is 5.69 Å². The molecule has 0 radical (unpaired) electrons. The Hall–Kier alpha value is -2.97. The van der Waals surface area contributed by atoms with Gasteiger partial charge in [0.2, 0.25) is 5.88 Å². The van der Waals surface area contributed by atoms with Crippen molar-refractivity contribution in [3.8, 4) is 5.88 Å². The van der Waals surface area contributed by atoms with E-state index in [1.54, 1.807) is 0 Å². The zero-order chi connectivity index (χ0) is 13.8. The lowest BCUT2D eigenvalue weighted by atomic mass is 10.3. The maximum Gasteiger partial charge on any atom is 0.325 e. The Morgan fingerprint density at radius 3 is 2.84 bits per heavy atom. The SMILES string of the molecule is COc1cc(C(=O)Nc2c[nH]c(=O)[nH]c2=O)ncn1. The summed E-state index contributed by atoms with van der Waals surface area (Å²) >= 11 is 0. The van der Waals surface area contributed by atoms with Crippen LogP contribution in [-0.2, 0) is 0 Å². The first-order chi connectivity index (χ1) is 9.10. The van der Waals surface area contributed by atoms with Gasteiger partial charge in [-0.3, -0.25) is 14.6 Å². The third kappa shape index (κ3) is 2.83. The van der Waals surface area contributed by atoms with Crippen molar-refractivity contribution < 1.29 is 9.53 Å². The second-order valence-corrected chi connectivity index (χ2v) is 3.39. The van der Waals surface area contributed by atoms with Crippen molar-refractivity contribution in [2.24, 2.45) is 0 Å². The molecule has 0 atom stereocenters. The Morgan fingerprint density at radius 2 is 2.16 bits per heavy atom. The first-order valence-corrected chi connectivity index (χ1v) is 5.09. The lowest BCUT2D eigenvalue weighted by Gasteiger charge is -2.04. The minimum atomic E-state index is -0.710. The van der Waals surface area contributed by atoms with Crippen LogP contribution in [0.25, 0.3) is 0 Å². The van der Waals surface area contributed by atoms with Crippen molar-refractivity contribution in [2.75, 3.05) is 12.4 Å². The highest BCUT2D eigenvalue weighted by Crippen LogP contribution is 2.07. The van der Waals surface area contributed by atoms with Crippen LogP contribution >= 0.6 is 0 Å². The number of ether oxygens (including phenoxy) is 1. The van der Waals surface area contributed by atoms with Crippen molar-refractivity contribution in [2.45, 2.75) is 0 Å². The molecule has 2 heterocycles. The van der Waals surface area contributed by atoms with E-state index in [0.717, 1.165) is 12.5 Å². The Kier molecular flexibility index (Phi) is 3.37. The number of H-pyrrole nitrogens is 2. The number of aromatic nitrogens is 4. The van der Waals surface area contributed by atoms with E-state index in [2.05, 4.69) is 20.3 Å². The van der Waals surface area contributed by atoms with Gasteiger partial charge in [0.05, 0.1) is 7.11 Å². The molecule has 9 nitrogen and oxygen atoms in total. The third-order valence-electron chi connectivity index (χ3n) is 2.15. The molecule has 0 aliphatic rings. The molecule has 2 rings (SSSR count). The number of aromatic amines is 2. The second kappa shape index (κ2) is 5.12. The fraction of sp³-hybridized carbons (Fsp3) is 0.100. The van der Waals surface area contributed by atoms with E-state index in [1.165, 1.54) is 13.2 Å². The van der Waals surface area contributed by atoms with Crippen LogP contribution in [0.15, 0.2) is 28.2 Å². The zero-order valence-corrected chi connectivity index (χ0v) is 9.76. The third-order valence-corrected chi connectivity index (χ3v) is 2.15. The van der Waals surface area contributed by atoms with Gasteiger partial charge in [-0.1, -0.05) is 0 Å². The smallest absolute Gasteiger partial charge is 0.325 e. The maximum atomic E-state index is 11.8. The number of rotatable bonds is 3. The molecule has 0 fully saturated rings. The number of methoxy groups -OCH3 is 1. The molecule has 3 N–H and O–H groups in total. The van der Waals surface area contributed by atoms with Crippen LogP contribution in [0.2, 0.25) is 0 Å². The van der Waals surface area contributed by atoms with Crippen molar-refractivity contribution in [3.63, 3.8) is 0 Å². The van der Waals surface area contributed by atoms with Crippen LogP contribution in [0.1, 0.15) is 10.5 Å². The number of carbonyl (C=O) groups excluding carboxylic acids is 1. The second-order valence-electron chi connectivity index (χ2n) is 3.39. The Labute approximate surface area is 105 Å². The number of anilines is 1. The summed E-state index contributed by atoms with van der Waals surface area (Å²) in [6.07, 6.45) is 2.25. The summed E-state index contributed by atoms with van der Waals surface area (Å²) < 4.78 is 4.85. The van der Waals surface area contributed by atoms with E-state index in [1.807, 2.05) is 4.98 Å².